The van der Waals surface area contributed by atoms with Gasteiger partial charge in [0.1, 0.15) is 11.4 Å². The molecule has 0 bridgehead atoms. The third-order valence-corrected chi connectivity index (χ3v) is 3.79. The molecular weight excluding hydrogens is 282 g/mol. The number of amides is 1. The molecule has 0 spiro atoms. The first-order valence-electron chi connectivity index (χ1n) is 7.54. The van der Waals surface area contributed by atoms with Crippen LogP contribution in [-0.2, 0) is 24.3 Å². The molecule has 1 aliphatic heterocycles. The van der Waals surface area contributed by atoms with Gasteiger partial charge in [0.05, 0.1) is 13.7 Å². The van der Waals surface area contributed by atoms with Gasteiger partial charge < -0.3 is 19.5 Å². The van der Waals surface area contributed by atoms with E-state index in [-0.39, 0.29) is 18.7 Å². The van der Waals surface area contributed by atoms with Gasteiger partial charge in [-0.15, -0.1) is 0 Å². The summed E-state index contributed by atoms with van der Waals surface area (Å²) in [6, 6.07) is 3.93. The second-order valence-corrected chi connectivity index (χ2v) is 6.75. The molecule has 0 fully saturated rings. The van der Waals surface area contributed by atoms with Crippen LogP contribution in [-0.4, -0.2) is 34.9 Å². The minimum absolute atomic E-state index is 0.0549. The molecule has 2 rings (SSSR count). The van der Waals surface area contributed by atoms with E-state index in [2.05, 4.69) is 0 Å². The predicted octanol–water partition coefficient (Wildman–Crippen LogP) is 2.87. The van der Waals surface area contributed by atoms with Crippen LogP contribution >= 0.6 is 0 Å². The molecule has 0 aliphatic carbocycles. The Morgan fingerprint density at radius 1 is 1.36 bits per heavy atom. The first-order chi connectivity index (χ1) is 10.2. The Kier molecular flexibility index (Phi) is 4.66. The number of fused-ring (bicyclic) bond motifs is 1. The third kappa shape index (κ3) is 3.53. The minimum Gasteiger partial charge on any atom is -0.496 e. The van der Waals surface area contributed by atoms with E-state index in [0.717, 1.165) is 23.1 Å². The van der Waals surface area contributed by atoms with E-state index in [4.69, 9.17) is 9.47 Å². The average Bonchev–Trinajstić information content (AvgIpc) is 2.43. The summed E-state index contributed by atoms with van der Waals surface area (Å²) in [5.74, 6) is 0.653. The number of hydrogen-bond donors (Lipinski definition) is 1. The summed E-state index contributed by atoms with van der Waals surface area (Å²) in [6.45, 7) is 8.04. The summed E-state index contributed by atoms with van der Waals surface area (Å²) in [5.41, 5.74) is 2.46. The van der Waals surface area contributed by atoms with Crippen molar-refractivity contribution in [3.05, 3.63) is 28.8 Å². The molecule has 5 nitrogen and oxygen atoms in total. The van der Waals surface area contributed by atoms with Crippen LogP contribution in [0, 0.1) is 0 Å². The molecule has 1 N–H and O–H groups in total. The topological polar surface area (TPSA) is 59.0 Å². The minimum atomic E-state index is -0.504. The maximum absolute atomic E-state index is 12.3. The lowest BCUT2D eigenvalue weighted by molar-refractivity contribution is 0.0138. The molecule has 1 aromatic rings. The van der Waals surface area contributed by atoms with Gasteiger partial charge in [0.2, 0.25) is 0 Å². The zero-order valence-corrected chi connectivity index (χ0v) is 14.0. The summed E-state index contributed by atoms with van der Waals surface area (Å²) in [4.78, 5) is 14.1. The number of aliphatic hydroxyl groups excluding tert-OH is 1. The molecule has 122 valence electrons. The lowest BCUT2D eigenvalue weighted by Crippen LogP contribution is -2.45. The van der Waals surface area contributed by atoms with E-state index in [1.165, 1.54) is 0 Å². The molecule has 0 aromatic heterocycles. The van der Waals surface area contributed by atoms with Crippen LogP contribution in [0.1, 0.15) is 44.4 Å². The second kappa shape index (κ2) is 6.16. The van der Waals surface area contributed by atoms with Crippen LogP contribution in [0.5, 0.6) is 5.75 Å². The number of rotatable bonds is 2. The van der Waals surface area contributed by atoms with Gasteiger partial charge in [-0.1, -0.05) is 0 Å². The van der Waals surface area contributed by atoms with Crippen molar-refractivity contribution in [2.24, 2.45) is 0 Å². The van der Waals surface area contributed by atoms with Crippen LogP contribution in [0.25, 0.3) is 0 Å². The monoisotopic (exact) mass is 307 g/mol. The van der Waals surface area contributed by atoms with Gasteiger partial charge in [0, 0.05) is 18.2 Å². The quantitative estimate of drug-likeness (QED) is 0.912. The van der Waals surface area contributed by atoms with E-state index in [1.54, 1.807) is 12.0 Å². The normalized spacial score (nSPS) is 17.9. The summed E-state index contributed by atoms with van der Waals surface area (Å²) >= 11 is 0. The number of hydrogen-bond acceptors (Lipinski definition) is 4. The van der Waals surface area contributed by atoms with Gasteiger partial charge in [0.15, 0.2) is 0 Å². The molecule has 5 heteroatoms. The van der Waals surface area contributed by atoms with Crippen molar-refractivity contribution in [2.45, 2.75) is 58.9 Å². The lowest BCUT2D eigenvalue weighted by atomic mass is 9.93. The van der Waals surface area contributed by atoms with Gasteiger partial charge in [-0.2, -0.15) is 0 Å². The predicted molar refractivity (Wildman–Crippen MR) is 83.9 cm³/mol. The molecule has 1 heterocycles. The number of nitrogens with zero attached hydrogens (tertiary/aromatic N) is 1. The molecule has 0 radical (unpaired) electrons. The summed E-state index contributed by atoms with van der Waals surface area (Å²) < 4.78 is 10.8. The molecule has 1 aliphatic rings. The Bertz CT molecular complexity index is 563. The Morgan fingerprint density at radius 3 is 2.59 bits per heavy atom. The molecule has 1 aromatic carbocycles. The Balaban J connectivity index is 2.27. The zero-order valence-electron chi connectivity index (χ0n) is 14.0. The highest BCUT2D eigenvalue weighted by Crippen LogP contribution is 2.31. The van der Waals surface area contributed by atoms with Gasteiger partial charge in [-0.3, -0.25) is 0 Å². The van der Waals surface area contributed by atoms with E-state index >= 15 is 0 Å². The van der Waals surface area contributed by atoms with Crippen molar-refractivity contribution in [3.63, 3.8) is 0 Å². The van der Waals surface area contributed by atoms with Crippen molar-refractivity contribution in [2.75, 3.05) is 7.11 Å². The largest absolute Gasteiger partial charge is 0.496 e. The van der Waals surface area contributed by atoms with Crippen molar-refractivity contribution in [1.82, 2.24) is 4.90 Å². The molecule has 1 atom stereocenters. The Morgan fingerprint density at radius 2 is 2.05 bits per heavy atom. The SMILES string of the molecule is COc1cc2c(cc1CO)CC(C)N(C(=O)OC(C)(C)C)C2. The molecule has 0 saturated heterocycles. The molecule has 0 saturated carbocycles. The van der Waals surface area contributed by atoms with Crippen molar-refractivity contribution >= 4 is 6.09 Å². The maximum Gasteiger partial charge on any atom is 0.410 e. The van der Waals surface area contributed by atoms with Crippen LogP contribution in [0.3, 0.4) is 0 Å². The number of ether oxygens (including phenoxy) is 2. The van der Waals surface area contributed by atoms with E-state index in [1.807, 2.05) is 39.8 Å². The number of benzene rings is 1. The van der Waals surface area contributed by atoms with Crippen LogP contribution in [0.4, 0.5) is 4.79 Å². The summed E-state index contributed by atoms with van der Waals surface area (Å²) in [6.07, 6.45) is 0.446. The van der Waals surface area contributed by atoms with Crippen molar-refractivity contribution < 1.29 is 19.4 Å². The van der Waals surface area contributed by atoms with Gasteiger partial charge in [-0.25, -0.2) is 4.79 Å². The van der Waals surface area contributed by atoms with Gasteiger partial charge >= 0.3 is 6.09 Å². The van der Waals surface area contributed by atoms with Crippen LogP contribution in [0.15, 0.2) is 12.1 Å². The fraction of sp³-hybridized carbons (Fsp3) is 0.588. The van der Waals surface area contributed by atoms with Gasteiger partial charge in [0.25, 0.3) is 0 Å². The lowest BCUT2D eigenvalue weighted by Gasteiger charge is -2.36. The first kappa shape index (κ1) is 16.6. The first-order valence-corrected chi connectivity index (χ1v) is 7.54. The Hall–Kier alpha value is -1.75. The van der Waals surface area contributed by atoms with Crippen LogP contribution in [0.2, 0.25) is 0 Å². The Labute approximate surface area is 131 Å². The van der Waals surface area contributed by atoms with E-state index < -0.39 is 5.60 Å². The highest BCUT2D eigenvalue weighted by Gasteiger charge is 2.31. The zero-order chi connectivity index (χ0) is 16.5. The molecule has 1 amide bonds. The summed E-state index contributed by atoms with van der Waals surface area (Å²) in [5, 5.41) is 9.42. The molecule has 1 unspecified atom stereocenters. The number of carbonyl (C=O) groups excluding carboxylic acids is 1. The van der Waals surface area contributed by atoms with Gasteiger partial charge in [-0.05, 0) is 57.4 Å². The van der Waals surface area contributed by atoms with Crippen LogP contribution < -0.4 is 4.74 Å². The maximum atomic E-state index is 12.3. The van der Waals surface area contributed by atoms with Crippen molar-refractivity contribution in [1.29, 1.82) is 0 Å². The molecule has 22 heavy (non-hydrogen) atoms. The highest BCUT2D eigenvalue weighted by molar-refractivity contribution is 5.69. The average molecular weight is 307 g/mol. The van der Waals surface area contributed by atoms with E-state index in [9.17, 15) is 9.90 Å². The second-order valence-electron chi connectivity index (χ2n) is 6.75. The number of carbonyl (C=O) groups is 1. The number of aliphatic hydroxyl groups is 1. The van der Waals surface area contributed by atoms with E-state index in [0.29, 0.717) is 12.3 Å². The number of methoxy groups -OCH3 is 1. The fourth-order valence-electron chi connectivity index (χ4n) is 2.70. The van der Waals surface area contributed by atoms with Crippen molar-refractivity contribution in [3.8, 4) is 5.75 Å². The highest BCUT2D eigenvalue weighted by atomic mass is 16.6. The molecular formula is C17H25NO4. The smallest absolute Gasteiger partial charge is 0.410 e. The fourth-order valence-corrected chi connectivity index (χ4v) is 2.70. The third-order valence-electron chi connectivity index (χ3n) is 3.79. The summed E-state index contributed by atoms with van der Waals surface area (Å²) in [7, 11) is 1.58. The standard InChI is InChI=1S/C17H25NO4/c1-11-6-12-7-14(10-19)15(21-5)8-13(12)9-18(11)16(20)22-17(2,3)4/h7-8,11,19H,6,9-10H2,1-5H3.